The third-order valence-electron chi connectivity index (χ3n) is 3.14. The normalized spacial score (nSPS) is 11.8. The summed E-state index contributed by atoms with van der Waals surface area (Å²) in [6, 6.07) is 14.1. The lowest BCUT2D eigenvalue weighted by Crippen LogP contribution is -2.26. The van der Waals surface area contributed by atoms with E-state index in [1.54, 1.807) is 30.3 Å². The highest BCUT2D eigenvalue weighted by Gasteiger charge is 2.12. The molecule has 2 heterocycles. The highest BCUT2D eigenvalue weighted by Crippen LogP contribution is 2.08. The molecule has 3 aromatic rings. The molecule has 0 aliphatic rings. The van der Waals surface area contributed by atoms with Gasteiger partial charge in [-0.05, 0) is 24.3 Å². The van der Waals surface area contributed by atoms with Crippen LogP contribution >= 0.6 is 0 Å². The van der Waals surface area contributed by atoms with E-state index in [-0.39, 0.29) is 4.90 Å². The first kappa shape index (κ1) is 13.8. The van der Waals surface area contributed by atoms with E-state index < -0.39 is 10.0 Å². The number of imidazole rings is 1. The first-order valence-electron chi connectivity index (χ1n) is 6.62. The van der Waals surface area contributed by atoms with Crippen molar-refractivity contribution in [2.75, 3.05) is 6.54 Å². The van der Waals surface area contributed by atoms with E-state index in [0.717, 1.165) is 11.3 Å². The van der Waals surface area contributed by atoms with Crippen molar-refractivity contribution in [1.29, 1.82) is 0 Å². The minimum atomic E-state index is -3.45. The van der Waals surface area contributed by atoms with Crippen molar-refractivity contribution in [3.63, 3.8) is 0 Å². The molecule has 0 radical (unpaired) electrons. The standard InChI is InChI=1S/C15H15N3O2S/c19-21(20,14-6-2-1-3-7-14)16-10-9-13-12-18-11-5-4-8-15(18)17-13/h1-8,11-12,16H,9-10H2. The number of benzene rings is 1. The van der Waals surface area contributed by atoms with Crippen LogP contribution in [0.5, 0.6) is 0 Å². The number of rotatable bonds is 5. The molecule has 0 saturated heterocycles. The molecule has 0 atom stereocenters. The highest BCUT2D eigenvalue weighted by atomic mass is 32.2. The lowest BCUT2D eigenvalue weighted by molar-refractivity contribution is 0.581. The molecule has 2 aromatic heterocycles. The van der Waals surface area contributed by atoms with Crippen LogP contribution in [0.15, 0.2) is 65.8 Å². The number of hydrogen-bond acceptors (Lipinski definition) is 3. The van der Waals surface area contributed by atoms with Crippen molar-refractivity contribution in [2.45, 2.75) is 11.3 Å². The van der Waals surface area contributed by atoms with Crippen LogP contribution < -0.4 is 4.72 Å². The topological polar surface area (TPSA) is 63.5 Å². The number of hydrogen-bond donors (Lipinski definition) is 1. The molecule has 0 bridgehead atoms. The Balaban J connectivity index is 1.66. The zero-order chi connectivity index (χ0) is 14.7. The van der Waals surface area contributed by atoms with Crippen molar-refractivity contribution in [3.05, 3.63) is 66.6 Å². The third-order valence-corrected chi connectivity index (χ3v) is 4.62. The third kappa shape index (κ3) is 3.12. The van der Waals surface area contributed by atoms with Gasteiger partial charge in [0.2, 0.25) is 10.0 Å². The Hall–Kier alpha value is -2.18. The smallest absolute Gasteiger partial charge is 0.240 e. The van der Waals surface area contributed by atoms with Gasteiger partial charge in [0.15, 0.2) is 0 Å². The largest absolute Gasteiger partial charge is 0.307 e. The maximum atomic E-state index is 12.1. The molecule has 0 aliphatic heterocycles. The van der Waals surface area contributed by atoms with Crippen molar-refractivity contribution in [1.82, 2.24) is 14.1 Å². The summed E-state index contributed by atoms with van der Waals surface area (Å²) in [7, 11) is -3.45. The van der Waals surface area contributed by atoms with Crippen LogP contribution in [0.1, 0.15) is 5.69 Å². The van der Waals surface area contributed by atoms with Crippen LogP contribution in [0.4, 0.5) is 0 Å². The van der Waals surface area contributed by atoms with Crippen LogP contribution in [0, 0.1) is 0 Å². The van der Waals surface area contributed by atoms with Gasteiger partial charge >= 0.3 is 0 Å². The minimum absolute atomic E-state index is 0.278. The van der Waals surface area contributed by atoms with Gasteiger partial charge in [-0.15, -0.1) is 0 Å². The predicted octanol–water partition coefficient (Wildman–Crippen LogP) is 1.86. The Bertz CT molecular complexity index is 808. The van der Waals surface area contributed by atoms with Gasteiger partial charge in [0, 0.05) is 25.4 Å². The molecule has 1 N–H and O–H groups in total. The Labute approximate surface area is 123 Å². The van der Waals surface area contributed by atoms with Crippen LogP contribution in [0.25, 0.3) is 5.65 Å². The maximum absolute atomic E-state index is 12.1. The lowest BCUT2D eigenvalue weighted by Gasteiger charge is -2.05. The molecule has 3 rings (SSSR count). The Morgan fingerprint density at radius 2 is 1.81 bits per heavy atom. The minimum Gasteiger partial charge on any atom is -0.307 e. The average molecular weight is 301 g/mol. The molecule has 21 heavy (non-hydrogen) atoms. The van der Waals surface area contributed by atoms with E-state index in [1.165, 1.54) is 0 Å². The zero-order valence-corrected chi connectivity index (χ0v) is 12.1. The molecule has 0 unspecified atom stereocenters. The van der Waals surface area contributed by atoms with E-state index >= 15 is 0 Å². The first-order valence-corrected chi connectivity index (χ1v) is 8.11. The second kappa shape index (κ2) is 5.67. The van der Waals surface area contributed by atoms with Gasteiger partial charge < -0.3 is 4.40 Å². The molecular weight excluding hydrogens is 286 g/mol. The fourth-order valence-corrected chi connectivity index (χ4v) is 3.16. The maximum Gasteiger partial charge on any atom is 0.240 e. The van der Waals surface area contributed by atoms with Gasteiger partial charge in [0.25, 0.3) is 0 Å². The molecule has 0 amide bonds. The number of nitrogens with one attached hydrogen (secondary N) is 1. The second-order valence-electron chi connectivity index (χ2n) is 4.66. The molecule has 0 fully saturated rings. The van der Waals surface area contributed by atoms with Crippen LogP contribution in [0.2, 0.25) is 0 Å². The van der Waals surface area contributed by atoms with Crippen LogP contribution in [-0.2, 0) is 16.4 Å². The molecular formula is C15H15N3O2S. The van der Waals surface area contributed by atoms with Crippen molar-refractivity contribution >= 4 is 15.7 Å². The fourth-order valence-electron chi connectivity index (χ4n) is 2.10. The Morgan fingerprint density at radius 1 is 1.05 bits per heavy atom. The Morgan fingerprint density at radius 3 is 2.57 bits per heavy atom. The van der Waals surface area contributed by atoms with E-state index in [1.807, 2.05) is 35.0 Å². The van der Waals surface area contributed by atoms with Gasteiger partial charge in [-0.2, -0.15) is 0 Å². The first-order chi connectivity index (χ1) is 10.1. The summed E-state index contributed by atoms with van der Waals surface area (Å²) in [6.45, 7) is 0.321. The second-order valence-corrected chi connectivity index (χ2v) is 6.43. The molecule has 0 saturated carbocycles. The van der Waals surface area contributed by atoms with Crippen LogP contribution in [-0.4, -0.2) is 24.3 Å². The van der Waals surface area contributed by atoms with E-state index in [4.69, 9.17) is 0 Å². The lowest BCUT2D eigenvalue weighted by atomic mass is 10.3. The van der Waals surface area contributed by atoms with Crippen molar-refractivity contribution in [2.24, 2.45) is 0 Å². The summed E-state index contributed by atoms with van der Waals surface area (Å²) < 4.78 is 28.6. The van der Waals surface area contributed by atoms with Gasteiger partial charge in [-0.3, -0.25) is 0 Å². The number of pyridine rings is 1. The number of sulfonamides is 1. The molecule has 1 aromatic carbocycles. The molecule has 5 nitrogen and oxygen atoms in total. The molecule has 0 aliphatic carbocycles. The summed E-state index contributed by atoms with van der Waals surface area (Å²) in [5.41, 5.74) is 1.72. The zero-order valence-electron chi connectivity index (χ0n) is 11.3. The summed E-state index contributed by atoms with van der Waals surface area (Å²) >= 11 is 0. The summed E-state index contributed by atoms with van der Waals surface area (Å²) in [5, 5.41) is 0. The molecule has 0 spiro atoms. The van der Waals surface area contributed by atoms with E-state index in [9.17, 15) is 8.42 Å². The Kier molecular flexibility index (Phi) is 3.72. The summed E-state index contributed by atoms with van der Waals surface area (Å²) in [5.74, 6) is 0. The van der Waals surface area contributed by atoms with Crippen LogP contribution in [0.3, 0.4) is 0 Å². The highest BCUT2D eigenvalue weighted by molar-refractivity contribution is 7.89. The summed E-state index contributed by atoms with van der Waals surface area (Å²) in [4.78, 5) is 4.71. The number of nitrogens with zero attached hydrogens (tertiary/aromatic N) is 2. The van der Waals surface area contributed by atoms with Gasteiger partial charge in [-0.1, -0.05) is 24.3 Å². The van der Waals surface area contributed by atoms with E-state index in [2.05, 4.69) is 9.71 Å². The molecule has 108 valence electrons. The monoisotopic (exact) mass is 301 g/mol. The van der Waals surface area contributed by atoms with Gasteiger partial charge in [-0.25, -0.2) is 18.1 Å². The van der Waals surface area contributed by atoms with Gasteiger partial charge in [0.1, 0.15) is 5.65 Å². The predicted molar refractivity (Wildman–Crippen MR) is 80.5 cm³/mol. The van der Waals surface area contributed by atoms with E-state index in [0.29, 0.717) is 13.0 Å². The van der Waals surface area contributed by atoms with Crippen molar-refractivity contribution < 1.29 is 8.42 Å². The SMILES string of the molecule is O=S(=O)(NCCc1cn2ccccc2n1)c1ccccc1. The quantitative estimate of drug-likeness (QED) is 0.782. The fraction of sp³-hybridized carbons (Fsp3) is 0.133. The van der Waals surface area contributed by atoms with Crippen molar-refractivity contribution in [3.8, 4) is 0 Å². The van der Waals surface area contributed by atoms with Gasteiger partial charge in [0.05, 0.1) is 10.6 Å². The molecule has 6 heteroatoms. The summed E-state index contributed by atoms with van der Waals surface area (Å²) in [6.07, 6.45) is 4.37. The number of fused-ring (bicyclic) bond motifs is 1. The average Bonchev–Trinajstić information content (AvgIpc) is 2.90. The number of aromatic nitrogens is 2.